The number of carbonyl (C=O) groups is 1. The predicted molar refractivity (Wildman–Crippen MR) is 140 cm³/mol. The Balaban J connectivity index is 1.35. The Bertz CT molecular complexity index is 1370. The summed E-state index contributed by atoms with van der Waals surface area (Å²) >= 11 is 0.900. The minimum absolute atomic E-state index is 0.0712. The molecule has 1 fully saturated rings. The van der Waals surface area contributed by atoms with Gasteiger partial charge in [0.15, 0.2) is 5.13 Å². The lowest BCUT2D eigenvalue weighted by Gasteiger charge is -2.31. The van der Waals surface area contributed by atoms with E-state index in [0.717, 1.165) is 23.5 Å². The van der Waals surface area contributed by atoms with E-state index in [0.29, 0.717) is 37.0 Å². The predicted octanol–water partition coefficient (Wildman–Crippen LogP) is 2.84. The molecule has 0 radical (unpaired) electrons. The summed E-state index contributed by atoms with van der Waals surface area (Å²) in [6.07, 6.45) is 2.24. The number of likely N-dealkylation sites (N-methyl/N-ethyl adjacent to an activating group) is 1. The number of nitrogens with zero attached hydrogens (tertiary/aromatic N) is 4. The number of thiazole rings is 1. The molecule has 2 aromatic heterocycles. The Morgan fingerprint density at radius 1 is 1.21 bits per heavy atom. The summed E-state index contributed by atoms with van der Waals surface area (Å²) in [4.78, 5) is 22.9. The number of halogens is 2. The van der Waals surface area contributed by atoms with Crippen LogP contribution in [-0.4, -0.2) is 79.8 Å². The van der Waals surface area contributed by atoms with Crippen molar-refractivity contribution in [1.82, 2.24) is 19.2 Å². The molecule has 0 atom stereocenters. The van der Waals surface area contributed by atoms with E-state index in [9.17, 15) is 22.0 Å². The second-order valence-corrected chi connectivity index (χ2v) is 11.9. The van der Waals surface area contributed by atoms with Crippen molar-refractivity contribution in [3.8, 4) is 5.88 Å². The zero-order valence-corrected chi connectivity index (χ0v) is 22.5. The normalized spacial score (nSPS) is 15.1. The standard InChI is InChI=1S/C24H28F2N6O4S2/c1-31(2)12-13-36-19-7-6-16(14-28-19)38(34,35)32-10-8-15(9-11-32)29-24-30-23(27)22(37-24)21(33)20-17(25)4-3-5-18(20)26/h3-7,14-15H,8-13,27H2,1-2H3,(H,29,30). The first kappa shape index (κ1) is 27.8. The van der Waals surface area contributed by atoms with E-state index in [1.807, 2.05) is 19.0 Å². The van der Waals surface area contributed by atoms with Crippen LogP contribution in [-0.2, 0) is 10.0 Å². The molecule has 0 bridgehead atoms. The molecule has 14 heteroatoms. The summed E-state index contributed by atoms with van der Waals surface area (Å²) in [6.45, 7) is 1.66. The van der Waals surface area contributed by atoms with Crippen molar-refractivity contribution in [2.45, 2.75) is 23.8 Å². The number of carbonyl (C=O) groups excluding carboxylic acids is 1. The van der Waals surface area contributed by atoms with Crippen LogP contribution in [0, 0.1) is 11.6 Å². The van der Waals surface area contributed by atoms with Crippen LogP contribution in [0.3, 0.4) is 0 Å². The highest BCUT2D eigenvalue weighted by molar-refractivity contribution is 7.89. The van der Waals surface area contributed by atoms with Crippen LogP contribution in [0.5, 0.6) is 5.88 Å². The van der Waals surface area contributed by atoms with Gasteiger partial charge in [-0.2, -0.15) is 4.31 Å². The molecule has 204 valence electrons. The van der Waals surface area contributed by atoms with Gasteiger partial charge in [0.2, 0.25) is 21.7 Å². The second-order valence-electron chi connectivity index (χ2n) is 8.97. The van der Waals surface area contributed by atoms with E-state index in [2.05, 4.69) is 15.3 Å². The van der Waals surface area contributed by atoms with Gasteiger partial charge >= 0.3 is 0 Å². The molecule has 1 aliphatic heterocycles. The molecule has 0 saturated carbocycles. The van der Waals surface area contributed by atoms with Crippen molar-refractivity contribution in [1.29, 1.82) is 0 Å². The summed E-state index contributed by atoms with van der Waals surface area (Å²) in [7, 11) is 0.115. The minimum Gasteiger partial charge on any atom is -0.476 e. The Kier molecular flexibility index (Phi) is 8.55. The maximum atomic E-state index is 14.1. The average Bonchev–Trinajstić information content (AvgIpc) is 3.24. The van der Waals surface area contributed by atoms with Crippen LogP contribution in [0.25, 0.3) is 0 Å². The van der Waals surface area contributed by atoms with Crippen molar-refractivity contribution in [2.75, 3.05) is 51.4 Å². The Morgan fingerprint density at radius 3 is 2.50 bits per heavy atom. The van der Waals surface area contributed by atoms with Gasteiger partial charge in [-0.3, -0.25) is 4.79 Å². The minimum atomic E-state index is -3.73. The number of nitrogens with two attached hydrogens (primary N) is 1. The fraction of sp³-hybridized carbons (Fsp3) is 0.375. The summed E-state index contributed by atoms with van der Waals surface area (Å²) < 4.78 is 61.2. The third-order valence-corrected chi connectivity index (χ3v) is 8.85. The van der Waals surface area contributed by atoms with Crippen molar-refractivity contribution >= 4 is 38.1 Å². The molecule has 1 aromatic carbocycles. The van der Waals surface area contributed by atoms with Crippen LogP contribution in [0.2, 0.25) is 0 Å². The van der Waals surface area contributed by atoms with E-state index in [4.69, 9.17) is 10.5 Å². The molecule has 1 saturated heterocycles. The van der Waals surface area contributed by atoms with Gasteiger partial charge in [0.25, 0.3) is 0 Å². The van der Waals surface area contributed by atoms with E-state index in [1.54, 1.807) is 0 Å². The Morgan fingerprint density at radius 2 is 1.89 bits per heavy atom. The van der Waals surface area contributed by atoms with Crippen molar-refractivity contribution in [3.05, 3.63) is 58.6 Å². The number of sulfonamides is 1. The first-order valence-corrected chi connectivity index (χ1v) is 14.1. The quantitative estimate of drug-likeness (QED) is 0.356. The van der Waals surface area contributed by atoms with Crippen LogP contribution in [0.4, 0.5) is 19.7 Å². The van der Waals surface area contributed by atoms with Gasteiger partial charge in [-0.1, -0.05) is 17.4 Å². The summed E-state index contributed by atoms with van der Waals surface area (Å²) in [5.74, 6) is -2.62. The number of aromatic nitrogens is 2. The smallest absolute Gasteiger partial charge is 0.244 e. The third-order valence-electron chi connectivity index (χ3n) is 5.97. The molecule has 0 aliphatic carbocycles. The number of hydrogen-bond donors (Lipinski definition) is 2. The number of nitrogen functional groups attached to an aromatic ring is 1. The zero-order valence-electron chi connectivity index (χ0n) is 20.9. The highest BCUT2D eigenvalue weighted by atomic mass is 32.2. The van der Waals surface area contributed by atoms with E-state index in [1.165, 1.54) is 28.7 Å². The molecular formula is C24H28F2N6O4S2. The van der Waals surface area contributed by atoms with Crippen molar-refractivity contribution < 1.29 is 26.7 Å². The number of pyridine rings is 1. The van der Waals surface area contributed by atoms with Crippen LogP contribution in [0.15, 0.2) is 41.4 Å². The van der Waals surface area contributed by atoms with E-state index in [-0.39, 0.29) is 34.7 Å². The molecule has 38 heavy (non-hydrogen) atoms. The topological polar surface area (TPSA) is 131 Å². The van der Waals surface area contributed by atoms with Gasteiger partial charge in [-0.15, -0.1) is 0 Å². The van der Waals surface area contributed by atoms with Gasteiger partial charge in [-0.25, -0.2) is 27.2 Å². The average molecular weight is 567 g/mol. The molecule has 3 aromatic rings. The number of benzene rings is 1. The Hall–Kier alpha value is -3.20. The van der Waals surface area contributed by atoms with Crippen LogP contribution in [0.1, 0.15) is 28.1 Å². The lowest BCUT2D eigenvalue weighted by atomic mass is 10.1. The molecule has 3 heterocycles. The summed E-state index contributed by atoms with van der Waals surface area (Å²) in [6, 6.07) is 6.05. The van der Waals surface area contributed by atoms with E-state index >= 15 is 0 Å². The maximum absolute atomic E-state index is 14.1. The SMILES string of the molecule is CN(C)CCOc1ccc(S(=O)(=O)N2CCC(Nc3nc(N)c(C(=O)c4c(F)cccc4F)s3)CC2)cn1. The molecule has 0 unspecified atom stereocenters. The van der Waals surface area contributed by atoms with Crippen molar-refractivity contribution in [3.63, 3.8) is 0 Å². The van der Waals surface area contributed by atoms with Crippen molar-refractivity contribution in [2.24, 2.45) is 0 Å². The molecule has 4 rings (SSSR count). The number of ketones is 1. The Labute approximate surface area is 223 Å². The molecule has 1 aliphatic rings. The van der Waals surface area contributed by atoms with Gasteiger partial charge in [0.05, 0.1) is 11.8 Å². The highest BCUT2D eigenvalue weighted by Gasteiger charge is 2.31. The fourth-order valence-electron chi connectivity index (χ4n) is 3.89. The van der Waals surface area contributed by atoms with E-state index < -0.39 is 33.0 Å². The number of ether oxygens (including phenoxy) is 1. The number of rotatable bonds is 10. The lowest BCUT2D eigenvalue weighted by molar-refractivity contribution is 0.103. The van der Waals surface area contributed by atoms with Crippen LogP contribution < -0.4 is 15.8 Å². The lowest BCUT2D eigenvalue weighted by Crippen LogP contribution is -2.42. The number of nitrogens with one attached hydrogen (secondary N) is 1. The van der Waals surface area contributed by atoms with Crippen LogP contribution >= 0.6 is 11.3 Å². The molecule has 0 amide bonds. The largest absolute Gasteiger partial charge is 0.476 e. The number of anilines is 2. The molecule has 0 spiro atoms. The highest BCUT2D eigenvalue weighted by Crippen LogP contribution is 2.31. The molecule has 10 nitrogen and oxygen atoms in total. The monoisotopic (exact) mass is 566 g/mol. The second kappa shape index (κ2) is 11.7. The summed E-state index contributed by atoms with van der Waals surface area (Å²) in [5.41, 5.74) is 5.18. The number of piperidine rings is 1. The zero-order chi connectivity index (χ0) is 27.4. The fourth-order valence-corrected chi connectivity index (χ4v) is 6.21. The van der Waals surface area contributed by atoms with Gasteiger partial charge in [0.1, 0.15) is 33.8 Å². The van der Waals surface area contributed by atoms with Gasteiger partial charge < -0.3 is 20.7 Å². The molecular weight excluding hydrogens is 538 g/mol. The maximum Gasteiger partial charge on any atom is 0.244 e. The van der Waals surface area contributed by atoms with Gasteiger partial charge in [0, 0.05) is 31.7 Å². The van der Waals surface area contributed by atoms with Gasteiger partial charge in [-0.05, 0) is 45.1 Å². The third kappa shape index (κ3) is 6.26. The summed E-state index contributed by atoms with van der Waals surface area (Å²) in [5, 5.41) is 3.48. The number of hydrogen-bond acceptors (Lipinski definition) is 10. The first-order chi connectivity index (χ1) is 18.1. The first-order valence-electron chi connectivity index (χ1n) is 11.8. The molecule has 3 N–H and O–H groups in total.